The van der Waals surface area contributed by atoms with Gasteiger partial charge in [-0.25, -0.2) is 0 Å². The predicted molar refractivity (Wildman–Crippen MR) is 82.2 cm³/mol. The molecule has 0 saturated heterocycles. The first kappa shape index (κ1) is 14.6. The lowest BCUT2D eigenvalue weighted by Crippen LogP contribution is -2.22. The van der Waals surface area contributed by atoms with Crippen LogP contribution in [0.2, 0.25) is 0 Å². The zero-order valence-corrected chi connectivity index (χ0v) is 12.6. The predicted octanol–water partition coefficient (Wildman–Crippen LogP) is 4.07. The fourth-order valence-corrected chi connectivity index (χ4v) is 2.29. The number of hydrogen-bond donors (Lipinski definition) is 1. The highest BCUT2D eigenvalue weighted by Crippen LogP contribution is 2.31. The first-order chi connectivity index (χ1) is 9.45. The summed E-state index contributed by atoms with van der Waals surface area (Å²) in [6.07, 6.45) is 0. The Hall–Kier alpha value is -1.80. The molecule has 2 nitrogen and oxygen atoms in total. The molecule has 0 aliphatic rings. The van der Waals surface area contributed by atoms with Gasteiger partial charge in [-0.05, 0) is 41.7 Å². The van der Waals surface area contributed by atoms with Gasteiger partial charge in [0.1, 0.15) is 11.4 Å². The Kier molecular flexibility index (Phi) is 4.15. The Morgan fingerprint density at radius 2 is 1.65 bits per heavy atom. The van der Waals surface area contributed by atoms with Gasteiger partial charge >= 0.3 is 0 Å². The Morgan fingerprint density at radius 1 is 1.00 bits per heavy atom. The molecule has 0 saturated carbocycles. The van der Waals surface area contributed by atoms with E-state index in [1.165, 1.54) is 5.56 Å². The summed E-state index contributed by atoms with van der Waals surface area (Å²) in [6.45, 7) is 6.14. The Labute approximate surface area is 121 Å². The van der Waals surface area contributed by atoms with Crippen LogP contribution in [0.15, 0.2) is 48.5 Å². The van der Waals surface area contributed by atoms with Crippen LogP contribution < -0.4 is 4.74 Å². The van der Waals surface area contributed by atoms with Crippen molar-refractivity contribution in [1.82, 2.24) is 0 Å². The van der Waals surface area contributed by atoms with Crippen LogP contribution in [0, 0.1) is 0 Å². The molecule has 1 unspecified atom stereocenters. The summed E-state index contributed by atoms with van der Waals surface area (Å²) in [5.41, 5.74) is 1.96. The van der Waals surface area contributed by atoms with Crippen molar-refractivity contribution in [2.75, 3.05) is 7.11 Å². The van der Waals surface area contributed by atoms with Crippen molar-refractivity contribution < 1.29 is 9.84 Å². The van der Waals surface area contributed by atoms with Gasteiger partial charge in [0.15, 0.2) is 0 Å². The van der Waals surface area contributed by atoms with Gasteiger partial charge in [-0.15, -0.1) is 0 Å². The zero-order chi connectivity index (χ0) is 14.8. The van der Waals surface area contributed by atoms with Gasteiger partial charge in [0.05, 0.1) is 7.11 Å². The molecule has 0 radical (unpaired) electrons. The summed E-state index contributed by atoms with van der Waals surface area (Å²) >= 11 is 0. The highest BCUT2D eigenvalue weighted by molar-refractivity contribution is 5.40. The molecule has 106 valence electrons. The third-order valence-corrected chi connectivity index (χ3v) is 3.77. The van der Waals surface area contributed by atoms with Crippen molar-refractivity contribution in [3.05, 3.63) is 65.2 Å². The molecule has 1 N–H and O–H groups in total. The van der Waals surface area contributed by atoms with Crippen LogP contribution in [0.4, 0.5) is 0 Å². The maximum Gasteiger partial charge on any atom is 0.119 e. The molecule has 1 atom stereocenters. The number of rotatable bonds is 4. The zero-order valence-electron chi connectivity index (χ0n) is 12.6. The summed E-state index contributed by atoms with van der Waals surface area (Å²) < 4.78 is 5.23. The molecule has 2 heteroatoms. The van der Waals surface area contributed by atoms with E-state index in [2.05, 4.69) is 26.0 Å². The van der Waals surface area contributed by atoms with E-state index in [4.69, 9.17) is 4.74 Å². The van der Waals surface area contributed by atoms with Crippen LogP contribution in [0.1, 0.15) is 43.4 Å². The van der Waals surface area contributed by atoms with Crippen LogP contribution >= 0.6 is 0 Å². The van der Waals surface area contributed by atoms with Crippen molar-refractivity contribution in [2.24, 2.45) is 0 Å². The molecule has 2 aromatic rings. The Balaban J connectivity index is 2.37. The van der Waals surface area contributed by atoms with Crippen molar-refractivity contribution >= 4 is 0 Å². The third-order valence-electron chi connectivity index (χ3n) is 3.77. The molecule has 0 bridgehead atoms. The standard InChI is InChI=1S/C18H22O2/c1-13(2)14-8-10-15(11-9-14)18(3,19)16-6-5-7-17(12-16)20-4/h5-13,19H,1-4H3. The van der Waals surface area contributed by atoms with Gasteiger partial charge in [-0.1, -0.05) is 50.2 Å². The molecule has 0 spiro atoms. The molecule has 0 fully saturated rings. The van der Waals surface area contributed by atoms with Crippen molar-refractivity contribution in [3.63, 3.8) is 0 Å². The first-order valence-corrected chi connectivity index (χ1v) is 6.92. The normalized spacial score (nSPS) is 14.1. The van der Waals surface area contributed by atoms with Crippen molar-refractivity contribution in [2.45, 2.75) is 32.3 Å². The molecule has 0 aliphatic carbocycles. The molecule has 2 aromatic carbocycles. The molecule has 0 aromatic heterocycles. The maximum atomic E-state index is 10.9. The second-order valence-corrected chi connectivity index (χ2v) is 5.58. The van der Waals surface area contributed by atoms with E-state index >= 15 is 0 Å². The van der Waals surface area contributed by atoms with Gasteiger partial charge in [0.25, 0.3) is 0 Å². The van der Waals surface area contributed by atoms with E-state index < -0.39 is 5.60 Å². The van der Waals surface area contributed by atoms with Gasteiger partial charge < -0.3 is 9.84 Å². The average Bonchev–Trinajstić information content (AvgIpc) is 2.47. The number of aliphatic hydroxyl groups is 1. The summed E-state index contributed by atoms with van der Waals surface area (Å²) in [5.74, 6) is 1.24. The first-order valence-electron chi connectivity index (χ1n) is 6.92. The van der Waals surface area contributed by atoms with E-state index in [-0.39, 0.29) is 0 Å². The van der Waals surface area contributed by atoms with Crippen LogP contribution in [0.25, 0.3) is 0 Å². The number of hydrogen-bond acceptors (Lipinski definition) is 2. The molecular weight excluding hydrogens is 248 g/mol. The second kappa shape index (κ2) is 5.68. The van der Waals surface area contributed by atoms with Gasteiger partial charge in [0, 0.05) is 0 Å². The molecular formula is C18H22O2. The fourth-order valence-electron chi connectivity index (χ4n) is 2.29. The quantitative estimate of drug-likeness (QED) is 0.907. The summed E-state index contributed by atoms with van der Waals surface area (Å²) in [4.78, 5) is 0. The van der Waals surface area contributed by atoms with Crippen molar-refractivity contribution in [1.29, 1.82) is 0 Å². The van der Waals surface area contributed by atoms with Crippen LogP contribution in [-0.2, 0) is 5.60 Å². The van der Waals surface area contributed by atoms with E-state index in [0.717, 1.165) is 16.9 Å². The van der Waals surface area contributed by atoms with Gasteiger partial charge in [-0.3, -0.25) is 0 Å². The number of methoxy groups -OCH3 is 1. The van der Waals surface area contributed by atoms with E-state index in [0.29, 0.717) is 5.92 Å². The highest BCUT2D eigenvalue weighted by Gasteiger charge is 2.25. The molecule has 20 heavy (non-hydrogen) atoms. The topological polar surface area (TPSA) is 29.5 Å². The molecule has 2 rings (SSSR count). The molecule has 0 amide bonds. The SMILES string of the molecule is COc1cccc(C(C)(O)c2ccc(C(C)C)cc2)c1. The third kappa shape index (κ3) is 2.86. The largest absolute Gasteiger partial charge is 0.497 e. The Bertz CT molecular complexity index is 568. The monoisotopic (exact) mass is 270 g/mol. The minimum Gasteiger partial charge on any atom is -0.497 e. The minimum atomic E-state index is -1.02. The average molecular weight is 270 g/mol. The lowest BCUT2D eigenvalue weighted by molar-refractivity contribution is 0.102. The fraction of sp³-hybridized carbons (Fsp3) is 0.333. The summed E-state index contributed by atoms with van der Waals surface area (Å²) in [6, 6.07) is 15.7. The van der Waals surface area contributed by atoms with E-state index in [1.807, 2.05) is 43.3 Å². The van der Waals surface area contributed by atoms with Gasteiger partial charge in [0.2, 0.25) is 0 Å². The highest BCUT2D eigenvalue weighted by atomic mass is 16.5. The lowest BCUT2D eigenvalue weighted by atomic mass is 9.87. The molecule has 0 aliphatic heterocycles. The molecule has 0 heterocycles. The van der Waals surface area contributed by atoms with E-state index in [1.54, 1.807) is 7.11 Å². The summed E-state index contributed by atoms with van der Waals surface area (Å²) in [7, 11) is 1.63. The van der Waals surface area contributed by atoms with E-state index in [9.17, 15) is 5.11 Å². The number of ether oxygens (including phenoxy) is 1. The second-order valence-electron chi connectivity index (χ2n) is 5.58. The van der Waals surface area contributed by atoms with Crippen LogP contribution in [-0.4, -0.2) is 12.2 Å². The number of benzene rings is 2. The van der Waals surface area contributed by atoms with Crippen LogP contribution in [0.5, 0.6) is 5.75 Å². The smallest absolute Gasteiger partial charge is 0.119 e. The van der Waals surface area contributed by atoms with Gasteiger partial charge in [-0.2, -0.15) is 0 Å². The lowest BCUT2D eigenvalue weighted by Gasteiger charge is -2.25. The Morgan fingerprint density at radius 3 is 2.20 bits per heavy atom. The minimum absolute atomic E-state index is 0.491. The summed E-state index contributed by atoms with van der Waals surface area (Å²) in [5, 5.41) is 10.9. The van der Waals surface area contributed by atoms with Crippen molar-refractivity contribution in [3.8, 4) is 5.75 Å². The van der Waals surface area contributed by atoms with Crippen LogP contribution in [0.3, 0.4) is 0 Å². The maximum absolute atomic E-state index is 10.9.